The van der Waals surface area contributed by atoms with Crippen molar-refractivity contribution in [2.24, 2.45) is 29.6 Å². The first-order chi connectivity index (χ1) is 35.4. The van der Waals surface area contributed by atoms with Crippen LogP contribution >= 0.6 is 0 Å². The molecule has 1 saturated heterocycles. The molecule has 6 heterocycles. The van der Waals surface area contributed by atoms with Gasteiger partial charge in [0.05, 0.1) is 64.4 Å². The van der Waals surface area contributed by atoms with Gasteiger partial charge in [0, 0.05) is 93.1 Å². The number of aromatic hydroxyl groups is 1. The number of amides is 1. The molecule has 10 atom stereocenters. The van der Waals surface area contributed by atoms with Crippen LogP contribution in [0.15, 0.2) is 64.5 Å². The third kappa shape index (κ3) is 10.1. The van der Waals surface area contributed by atoms with E-state index in [1.165, 1.54) is 63.8 Å². The number of phenols is 1. The number of pyridine rings is 2. The number of aryl methyl sites for hydroxylation is 2. The number of carbonyl (C=O) groups excluding carboxylic acids is 5. The molecule has 18 heteroatoms. The van der Waals surface area contributed by atoms with Crippen molar-refractivity contribution >= 4 is 40.4 Å². The number of Topliss-reactive ketones (excluding diaryl/α,β-unsaturated/α-hetero) is 3. The minimum Gasteiger partial charge on any atom is -0.507 e. The lowest BCUT2D eigenvalue weighted by Gasteiger charge is -2.38. The zero-order chi connectivity index (χ0) is 54.7. The van der Waals surface area contributed by atoms with Gasteiger partial charge in [-0.2, -0.15) is 0 Å². The number of benzene rings is 1. The van der Waals surface area contributed by atoms with Gasteiger partial charge in [-0.3, -0.25) is 33.2 Å². The number of aliphatic hydroxyl groups excluding tert-OH is 2. The van der Waals surface area contributed by atoms with E-state index in [4.69, 9.17) is 18.9 Å². The predicted octanol–water partition coefficient (Wildman–Crippen LogP) is 6.36. The molecule has 0 unspecified atom stereocenters. The van der Waals surface area contributed by atoms with Crippen molar-refractivity contribution in [3.05, 3.63) is 115 Å². The first-order valence-corrected chi connectivity index (χ1v) is 25.8. The van der Waals surface area contributed by atoms with Crippen LogP contribution < -0.4 is 25.8 Å². The van der Waals surface area contributed by atoms with Gasteiger partial charge in [0.25, 0.3) is 17.2 Å². The summed E-state index contributed by atoms with van der Waals surface area (Å²) in [5.41, 5.74) is 1.41. The standard InChI is InChI=1S/C57H69FN4O13/c1-26-13-12-14-27(2)55(70)60-44-38(23-59-22-35-17-19-61(24-35)46-30(5)45-37(36-15-16-36)21-28(3)56(71)62(45)25-39(46)58)50(67)41-42(51(44)68)49(66)33(8)53-43(41)54(69)57(10,75-53)73-20-18-40(72-11)29(4)52(74-34(9)63)32(7)48(65)31(6)47(26)64/h12-14,18,20-21,25-26,29,31-32,35-36,40,47-48,52,59,64-66H,15-17,19,22-24H2,1-11H3,(H,60,70)/b13-12+,20-18+,27-14-/t26-,29+,31+,32+,35-,40-,47-,48+,52+,57-/m0/s1. The van der Waals surface area contributed by atoms with E-state index in [0.29, 0.717) is 48.8 Å². The highest BCUT2D eigenvalue weighted by molar-refractivity contribution is 6.32. The van der Waals surface area contributed by atoms with Gasteiger partial charge in [-0.05, 0) is 82.1 Å². The smallest absolute Gasteiger partial charge is 0.312 e. The number of rotatable bonds is 8. The Kier molecular flexibility index (Phi) is 15.5. The first kappa shape index (κ1) is 54.8. The number of ketones is 3. The number of methoxy groups -OCH3 is 1. The van der Waals surface area contributed by atoms with Crippen LogP contribution in [0.25, 0.3) is 5.52 Å². The van der Waals surface area contributed by atoms with E-state index >= 15 is 9.18 Å². The molecule has 1 aromatic carbocycles. The van der Waals surface area contributed by atoms with Gasteiger partial charge in [-0.1, -0.05) is 45.9 Å². The van der Waals surface area contributed by atoms with Crippen LogP contribution in [0, 0.1) is 56.2 Å². The molecular weight excluding hydrogens is 968 g/mol. The first-order valence-electron chi connectivity index (χ1n) is 25.8. The normalized spacial score (nSPS) is 30.2. The number of nitrogens with zero attached hydrogens (tertiary/aromatic N) is 2. The van der Waals surface area contributed by atoms with Crippen molar-refractivity contribution in [2.75, 3.05) is 38.2 Å². The van der Waals surface area contributed by atoms with Gasteiger partial charge >= 0.3 is 11.8 Å². The molecule has 9 rings (SSSR count). The number of hydrogen-bond acceptors (Lipinski definition) is 15. The largest absolute Gasteiger partial charge is 0.507 e. The van der Waals surface area contributed by atoms with Crippen LogP contribution in [-0.4, -0.2) is 112 Å². The van der Waals surface area contributed by atoms with Crippen molar-refractivity contribution in [1.29, 1.82) is 0 Å². The summed E-state index contributed by atoms with van der Waals surface area (Å²) < 4.78 is 41.3. The number of hydrogen-bond donors (Lipinski definition) is 5. The number of aliphatic hydroxyl groups is 2. The fourth-order valence-electron chi connectivity index (χ4n) is 11.4. The molecule has 402 valence electrons. The van der Waals surface area contributed by atoms with Crippen molar-refractivity contribution in [3.63, 3.8) is 0 Å². The van der Waals surface area contributed by atoms with E-state index in [-0.39, 0.29) is 46.0 Å². The summed E-state index contributed by atoms with van der Waals surface area (Å²) in [5, 5.41) is 40.7. The summed E-state index contributed by atoms with van der Waals surface area (Å²) in [6.07, 6.45) is 7.15. The van der Waals surface area contributed by atoms with Crippen molar-refractivity contribution in [1.82, 2.24) is 15.0 Å². The Balaban J connectivity index is 1.13. The average Bonchev–Trinajstić information content (AvgIpc) is 4.07. The summed E-state index contributed by atoms with van der Waals surface area (Å²) in [6.45, 7) is 16.8. The van der Waals surface area contributed by atoms with Crippen LogP contribution in [0.2, 0.25) is 0 Å². The number of allylic oxidation sites excluding steroid dienone is 3. The number of fused-ring (bicyclic) bond motifs is 15. The van der Waals surface area contributed by atoms with Crippen LogP contribution in [0.5, 0.6) is 11.5 Å². The number of aromatic nitrogens is 1. The molecule has 0 radical (unpaired) electrons. The Labute approximate surface area is 435 Å². The quantitative estimate of drug-likeness (QED) is 0.155. The maximum atomic E-state index is 16.1. The number of esters is 1. The van der Waals surface area contributed by atoms with E-state index in [9.17, 15) is 39.3 Å². The third-order valence-electron chi connectivity index (χ3n) is 16.0. The Morgan fingerprint density at radius 3 is 2.31 bits per heavy atom. The zero-order valence-electron chi connectivity index (χ0n) is 44.5. The summed E-state index contributed by atoms with van der Waals surface area (Å²) in [6, 6.07) is 1.93. The highest BCUT2D eigenvalue weighted by Gasteiger charge is 2.53. The van der Waals surface area contributed by atoms with Gasteiger partial charge in [-0.25, -0.2) is 4.39 Å². The Bertz CT molecular complexity index is 3060. The number of anilines is 1. The average molecular weight is 1040 g/mol. The molecule has 3 aromatic rings. The van der Waals surface area contributed by atoms with Crippen LogP contribution in [0.3, 0.4) is 0 Å². The Morgan fingerprint density at radius 2 is 1.64 bits per heavy atom. The Morgan fingerprint density at radius 1 is 0.933 bits per heavy atom. The van der Waals surface area contributed by atoms with Crippen molar-refractivity contribution in [3.8, 4) is 11.5 Å². The lowest BCUT2D eigenvalue weighted by Crippen LogP contribution is -2.46. The van der Waals surface area contributed by atoms with Crippen molar-refractivity contribution in [2.45, 2.75) is 125 Å². The third-order valence-corrected chi connectivity index (χ3v) is 16.0. The van der Waals surface area contributed by atoms with Gasteiger partial charge in [0.15, 0.2) is 11.6 Å². The van der Waals surface area contributed by atoms with Gasteiger partial charge in [0.1, 0.15) is 17.6 Å². The van der Waals surface area contributed by atoms with E-state index in [2.05, 4.69) is 10.6 Å². The van der Waals surface area contributed by atoms with Gasteiger partial charge in [0.2, 0.25) is 5.78 Å². The molecule has 6 aliphatic rings. The molecule has 0 spiro atoms. The molecule has 17 nitrogen and oxygen atoms in total. The molecule has 2 aromatic heterocycles. The summed E-state index contributed by atoms with van der Waals surface area (Å²) in [5.74, 6) is -9.85. The maximum Gasteiger partial charge on any atom is 0.312 e. The molecule has 2 aliphatic carbocycles. The fraction of sp³-hybridized carbons (Fsp3) is 0.509. The highest BCUT2D eigenvalue weighted by Crippen LogP contribution is 2.49. The highest BCUT2D eigenvalue weighted by atomic mass is 19.1. The second kappa shape index (κ2) is 21.3. The van der Waals surface area contributed by atoms with Gasteiger partial charge in [-0.15, -0.1) is 0 Å². The summed E-state index contributed by atoms with van der Waals surface area (Å²) in [4.78, 5) is 86.2. The Hall–Kier alpha value is -6.47. The van der Waals surface area contributed by atoms with Gasteiger partial charge < -0.3 is 49.8 Å². The van der Waals surface area contributed by atoms with Crippen LogP contribution in [0.4, 0.5) is 10.1 Å². The molecule has 4 aliphatic heterocycles. The maximum absolute atomic E-state index is 16.1. The molecular formula is C57H69FN4O13. The summed E-state index contributed by atoms with van der Waals surface area (Å²) in [7, 11) is 1.42. The molecule has 1 amide bonds. The van der Waals surface area contributed by atoms with Crippen LogP contribution in [-0.2, 0) is 23.8 Å². The molecule has 2 fully saturated rings. The number of ether oxygens (including phenoxy) is 4. The number of carbonyl (C=O) groups is 5. The molecule has 5 N–H and O–H groups in total. The fourth-order valence-corrected chi connectivity index (χ4v) is 11.4. The number of halogens is 1. The van der Waals surface area contributed by atoms with E-state index in [1.54, 1.807) is 46.8 Å². The van der Waals surface area contributed by atoms with E-state index in [0.717, 1.165) is 23.9 Å². The summed E-state index contributed by atoms with van der Waals surface area (Å²) >= 11 is 0. The minimum atomic E-state index is -2.14. The molecule has 5 bridgehead atoms. The second-order valence-corrected chi connectivity index (χ2v) is 21.4. The molecule has 1 saturated carbocycles. The number of phenolic OH excluding ortho intramolecular Hbond substituents is 1. The zero-order valence-corrected chi connectivity index (χ0v) is 44.5. The van der Waals surface area contributed by atoms with Crippen LogP contribution in [0.1, 0.15) is 127 Å². The predicted molar refractivity (Wildman–Crippen MR) is 276 cm³/mol. The van der Waals surface area contributed by atoms with E-state index in [1.807, 2.05) is 17.9 Å². The number of nitrogens with one attached hydrogen (secondary N) is 2. The second-order valence-electron chi connectivity index (χ2n) is 21.4. The van der Waals surface area contributed by atoms with E-state index < -0.39 is 111 Å². The molecule has 75 heavy (non-hydrogen) atoms. The SMILES string of the molecule is CO[C@H]1/C=C/O[C@@]2(C)Oc3c(C)c(O)c4c(c3C2=O)C(=O)C(CNC[C@@H]2CCN(c3c(F)cn5c(=O)c(C)cc(C6CC6)c5c3C)C2)=C(NC(=O)/C(C)=C\C=C\[C@H](C)[C@H](O)[C@@H](C)[C@@H](O)[C@@H](C)[C@H](OC(C)=O)[C@@H]1C)C4=O. The monoisotopic (exact) mass is 1040 g/mol. The topological polar surface area (TPSA) is 232 Å². The lowest BCUT2D eigenvalue weighted by atomic mass is 9.78. The minimum absolute atomic E-state index is 0.0333. The van der Waals surface area contributed by atoms with Crippen molar-refractivity contribution < 1.29 is 62.6 Å². The lowest BCUT2D eigenvalue weighted by molar-refractivity contribution is -0.160.